The Balaban J connectivity index is 2.43. The van der Waals surface area contributed by atoms with Gasteiger partial charge in [0.15, 0.2) is 0 Å². The summed E-state index contributed by atoms with van der Waals surface area (Å²) in [6, 6.07) is 0. The molecule has 6 heteroatoms. The number of hydrogen-bond acceptors (Lipinski definition) is 6. The summed E-state index contributed by atoms with van der Waals surface area (Å²) in [5.74, 6) is -0.199. The van der Waals surface area contributed by atoms with Gasteiger partial charge in [-0.25, -0.2) is 0 Å². The molecule has 3 unspecified atom stereocenters. The topological polar surface area (TPSA) is 60.0 Å². The Kier molecular flexibility index (Phi) is 7.59. The van der Waals surface area contributed by atoms with Crippen molar-refractivity contribution in [1.29, 1.82) is 0 Å². The van der Waals surface area contributed by atoms with E-state index in [2.05, 4.69) is 10.2 Å². The lowest BCUT2D eigenvalue weighted by Gasteiger charge is -2.28. The molecule has 1 N–H and O–H groups in total. The first-order chi connectivity index (χ1) is 10.0. The second kappa shape index (κ2) is 8.68. The zero-order chi connectivity index (χ0) is 15.9. The van der Waals surface area contributed by atoms with Gasteiger partial charge in [0.1, 0.15) is 5.54 Å². The normalized spacial score (nSPS) is 25.8. The Morgan fingerprint density at radius 1 is 1.24 bits per heavy atom. The number of nitrogens with one attached hydrogen (secondary N) is 1. The van der Waals surface area contributed by atoms with E-state index >= 15 is 0 Å². The number of ether oxygens (including phenoxy) is 3. The zero-order valence-corrected chi connectivity index (χ0v) is 14.0. The van der Waals surface area contributed by atoms with Crippen LogP contribution in [0.15, 0.2) is 0 Å². The largest absolute Gasteiger partial charge is 0.468 e. The van der Waals surface area contributed by atoms with Crippen molar-refractivity contribution in [1.82, 2.24) is 10.2 Å². The van der Waals surface area contributed by atoms with E-state index in [4.69, 9.17) is 14.2 Å². The number of likely N-dealkylation sites (N-methyl/N-ethyl adjacent to an activating group) is 1. The number of rotatable bonds is 9. The maximum atomic E-state index is 11.9. The van der Waals surface area contributed by atoms with Crippen LogP contribution >= 0.6 is 0 Å². The quantitative estimate of drug-likeness (QED) is 0.631. The molecule has 0 aromatic heterocycles. The summed E-state index contributed by atoms with van der Waals surface area (Å²) in [6.45, 7) is 7.33. The summed E-state index contributed by atoms with van der Waals surface area (Å²) in [4.78, 5) is 14.2. The monoisotopic (exact) mass is 302 g/mol. The van der Waals surface area contributed by atoms with E-state index in [1.54, 1.807) is 14.2 Å². The van der Waals surface area contributed by atoms with E-state index < -0.39 is 5.54 Å². The summed E-state index contributed by atoms with van der Waals surface area (Å²) in [5.41, 5.74) is -0.607. The molecular weight excluding hydrogens is 272 g/mol. The minimum absolute atomic E-state index is 0.135. The standard InChI is InChI=1S/C15H30N2O4/c1-6-16-15(2,14(18)21-5)8-7-9-17-10-12(19-3)13(11-17)20-4/h12-13,16H,6-11H2,1-5H3. The van der Waals surface area contributed by atoms with E-state index in [1.165, 1.54) is 7.11 Å². The molecular formula is C15H30N2O4. The Bertz CT molecular complexity index is 315. The van der Waals surface area contributed by atoms with Crippen molar-refractivity contribution in [3.8, 4) is 0 Å². The molecule has 21 heavy (non-hydrogen) atoms. The third-order valence-electron chi connectivity index (χ3n) is 4.25. The fourth-order valence-electron chi connectivity index (χ4n) is 2.99. The Labute approximate surface area is 128 Å². The van der Waals surface area contributed by atoms with Crippen LogP contribution < -0.4 is 5.32 Å². The van der Waals surface area contributed by atoms with Crippen LogP contribution in [0.3, 0.4) is 0 Å². The lowest BCUT2D eigenvalue weighted by atomic mass is 9.95. The molecule has 0 amide bonds. The number of hydrogen-bond donors (Lipinski definition) is 1. The van der Waals surface area contributed by atoms with Crippen molar-refractivity contribution in [2.24, 2.45) is 0 Å². The highest BCUT2D eigenvalue weighted by Gasteiger charge is 2.35. The van der Waals surface area contributed by atoms with E-state index in [0.29, 0.717) is 0 Å². The molecule has 6 nitrogen and oxygen atoms in total. The number of carbonyl (C=O) groups excluding carboxylic acids is 1. The minimum atomic E-state index is -0.607. The maximum absolute atomic E-state index is 11.9. The van der Waals surface area contributed by atoms with Crippen molar-refractivity contribution in [2.75, 3.05) is 47.5 Å². The average Bonchev–Trinajstić information content (AvgIpc) is 2.88. The van der Waals surface area contributed by atoms with E-state index in [0.717, 1.165) is 39.0 Å². The first-order valence-electron chi connectivity index (χ1n) is 7.62. The Hall–Kier alpha value is -0.690. The highest BCUT2D eigenvalue weighted by atomic mass is 16.5. The highest BCUT2D eigenvalue weighted by molar-refractivity contribution is 5.80. The summed E-state index contributed by atoms with van der Waals surface area (Å²) in [5, 5.41) is 3.23. The molecule has 0 spiro atoms. The molecule has 1 fully saturated rings. The molecule has 1 saturated heterocycles. The summed E-state index contributed by atoms with van der Waals surface area (Å²) in [6.07, 6.45) is 1.94. The lowest BCUT2D eigenvalue weighted by molar-refractivity contribution is -0.148. The average molecular weight is 302 g/mol. The molecule has 1 aliphatic heterocycles. The third-order valence-corrected chi connectivity index (χ3v) is 4.25. The fraction of sp³-hybridized carbons (Fsp3) is 0.933. The molecule has 1 heterocycles. The molecule has 0 aliphatic carbocycles. The number of methoxy groups -OCH3 is 3. The zero-order valence-electron chi connectivity index (χ0n) is 14.0. The maximum Gasteiger partial charge on any atom is 0.325 e. The summed E-state index contributed by atoms with van der Waals surface area (Å²) in [7, 11) is 4.88. The van der Waals surface area contributed by atoms with Crippen molar-refractivity contribution < 1.29 is 19.0 Å². The van der Waals surface area contributed by atoms with Crippen LogP contribution in [-0.2, 0) is 19.0 Å². The lowest BCUT2D eigenvalue weighted by Crippen LogP contribution is -2.50. The van der Waals surface area contributed by atoms with Crippen LogP contribution in [0.25, 0.3) is 0 Å². The van der Waals surface area contributed by atoms with Gasteiger partial charge in [-0.15, -0.1) is 0 Å². The summed E-state index contributed by atoms with van der Waals surface area (Å²) < 4.78 is 15.8. The van der Waals surface area contributed by atoms with E-state index in [1.807, 2.05) is 13.8 Å². The van der Waals surface area contributed by atoms with Gasteiger partial charge in [0, 0.05) is 27.3 Å². The predicted octanol–water partition coefficient (Wildman–Crippen LogP) is 0.653. The summed E-state index contributed by atoms with van der Waals surface area (Å²) >= 11 is 0. The molecule has 0 saturated carbocycles. The molecule has 124 valence electrons. The van der Waals surface area contributed by atoms with Crippen LogP contribution in [0.1, 0.15) is 26.7 Å². The Morgan fingerprint density at radius 3 is 2.24 bits per heavy atom. The SMILES string of the molecule is CCNC(C)(CCCN1CC(OC)C(OC)C1)C(=O)OC. The third kappa shape index (κ3) is 4.92. The second-order valence-corrected chi connectivity index (χ2v) is 5.77. The van der Waals surface area contributed by atoms with Gasteiger partial charge < -0.3 is 19.5 Å². The van der Waals surface area contributed by atoms with Crippen LogP contribution in [-0.4, -0.2) is 76.1 Å². The van der Waals surface area contributed by atoms with Gasteiger partial charge in [0.25, 0.3) is 0 Å². The van der Waals surface area contributed by atoms with Gasteiger partial charge in [0.2, 0.25) is 0 Å². The van der Waals surface area contributed by atoms with Crippen molar-refractivity contribution in [3.63, 3.8) is 0 Å². The molecule has 1 rings (SSSR count). The smallest absolute Gasteiger partial charge is 0.325 e. The van der Waals surface area contributed by atoms with Crippen LogP contribution in [0, 0.1) is 0 Å². The van der Waals surface area contributed by atoms with Gasteiger partial charge in [-0.1, -0.05) is 6.92 Å². The fourth-order valence-corrected chi connectivity index (χ4v) is 2.99. The highest BCUT2D eigenvalue weighted by Crippen LogP contribution is 2.19. The first-order valence-corrected chi connectivity index (χ1v) is 7.62. The van der Waals surface area contributed by atoms with E-state index in [-0.39, 0.29) is 18.2 Å². The number of nitrogens with zero attached hydrogens (tertiary/aromatic N) is 1. The number of carbonyl (C=O) groups is 1. The molecule has 0 radical (unpaired) electrons. The van der Waals surface area contributed by atoms with Gasteiger partial charge >= 0.3 is 5.97 Å². The van der Waals surface area contributed by atoms with Gasteiger partial charge in [-0.2, -0.15) is 0 Å². The van der Waals surface area contributed by atoms with E-state index in [9.17, 15) is 4.79 Å². The van der Waals surface area contributed by atoms with Gasteiger partial charge in [-0.3, -0.25) is 9.69 Å². The Morgan fingerprint density at radius 2 is 1.81 bits per heavy atom. The predicted molar refractivity (Wildman–Crippen MR) is 81.4 cm³/mol. The second-order valence-electron chi connectivity index (χ2n) is 5.77. The van der Waals surface area contributed by atoms with Crippen molar-refractivity contribution in [3.05, 3.63) is 0 Å². The number of likely N-dealkylation sites (tertiary alicyclic amines) is 1. The first kappa shape index (κ1) is 18.4. The molecule has 1 aliphatic rings. The number of esters is 1. The molecule has 0 aromatic carbocycles. The van der Waals surface area contributed by atoms with Gasteiger partial charge in [-0.05, 0) is 32.9 Å². The van der Waals surface area contributed by atoms with Crippen molar-refractivity contribution in [2.45, 2.75) is 44.4 Å². The van der Waals surface area contributed by atoms with Crippen LogP contribution in [0.2, 0.25) is 0 Å². The molecule has 0 aromatic rings. The van der Waals surface area contributed by atoms with Gasteiger partial charge in [0.05, 0.1) is 19.3 Å². The van der Waals surface area contributed by atoms with Crippen molar-refractivity contribution >= 4 is 5.97 Å². The molecule has 3 atom stereocenters. The van der Waals surface area contributed by atoms with Crippen LogP contribution in [0.4, 0.5) is 0 Å². The molecule has 0 bridgehead atoms. The van der Waals surface area contributed by atoms with Crippen LogP contribution in [0.5, 0.6) is 0 Å². The minimum Gasteiger partial charge on any atom is -0.468 e.